The van der Waals surface area contributed by atoms with Gasteiger partial charge in [-0.1, -0.05) is 12.1 Å². The lowest BCUT2D eigenvalue weighted by atomic mass is 10.3. The molecular weight excluding hydrogens is 266 g/mol. The van der Waals surface area contributed by atoms with Gasteiger partial charge in [-0.2, -0.15) is 0 Å². The molecule has 0 radical (unpaired) electrons. The van der Waals surface area contributed by atoms with Gasteiger partial charge in [0.2, 0.25) is 10.0 Å². The molecule has 110 valence electrons. The molecule has 0 saturated heterocycles. The van der Waals surface area contributed by atoms with Crippen molar-refractivity contribution in [1.82, 2.24) is 14.8 Å². The standard InChI is InChI=1S/C12H23N3O3S/c1-5-6-19(16,17)13-8-10(2)15(4)9-12-7-11(3)18-14-12/h7,10,13H,5-6,8-9H2,1-4H3. The van der Waals surface area contributed by atoms with Crippen molar-refractivity contribution in [2.75, 3.05) is 19.3 Å². The minimum absolute atomic E-state index is 0.0867. The Bertz CT molecular complexity index is 484. The number of rotatable bonds is 8. The van der Waals surface area contributed by atoms with Gasteiger partial charge in [0, 0.05) is 25.2 Å². The first-order valence-electron chi connectivity index (χ1n) is 6.44. The highest BCUT2D eigenvalue weighted by atomic mass is 32.2. The Labute approximate surface area is 115 Å². The van der Waals surface area contributed by atoms with Gasteiger partial charge in [-0.05, 0) is 27.3 Å². The zero-order chi connectivity index (χ0) is 14.5. The van der Waals surface area contributed by atoms with E-state index < -0.39 is 10.0 Å². The normalized spacial score (nSPS) is 13.9. The van der Waals surface area contributed by atoms with Crippen LogP contribution in [0.3, 0.4) is 0 Å². The molecule has 1 aromatic rings. The van der Waals surface area contributed by atoms with Gasteiger partial charge in [0.15, 0.2) is 0 Å². The van der Waals surface area contributed by atoms with Crippen LogP contribution in [0, 0.1) is 6.92 Å². The Morgan fingerprint density at radius 1 is 1.53 bits per heavy atom. The first-order valence-corrected chi connectivity index (χ1v) is 8.09. The van der Waals surface area contributed by atoms with Crippen molar-refractivity contribution in [3.63, 3.8) is 0 Å². The van der Waals surface area contributed by atoms with Gasteiger partial charge in [-0.25, -0.2) is 13.1 Å². The van der Waals surface area contributed by atoms with Crippen molar-refractivity contribution in [1.29, 1.82) is 0 Å². The molecule has 0 aliphatic rings. The fraction of sp³-hybridized carbons (Fsp3) is 0.750. The summed E-state index contributed by atoms with van der Waals surface area (Å²) >= 11 is 0. The van der Waals surface area contributed by atoms with E-state index in [4.69, 9.17) is 4.52 Å². The first-order chi connectivity index (χ1) is 8.84. The highest BCUT2D eigenvalue weighted by Crippen LogP contribution is 2.06. The van der Waals surface area contributed by atoms with Gasteiger partial charge in [0.25, 0.3) is 0 Å². The van der Waals surface area contributed by atoms with Crippen molar-refractivity contribution in [3.05, 3.63) is 17.5 Å². The van der Waals surface area contributed by atoms with E-state index >= 15 is 0 Å². The summed E-state index contributed by atoms with van der Waals surface area (Å²) in [6, 6.07) is 1.97. The summed E-state index contributed by atoms with van der Waals surface area (Å²) in [6.45, 7) is 6.70. The van der Waals surface area contributed by atoms with Crippen LogP contribution in [0.2, 0.25) is 0 Å². The van der Waals surface area contributed by atoms with Crippen LogP contribution in [0.15, 0.2) is 10.6 Å². The molecule has 1 rings (SSSR count). The summed E-state index contributed by atoms with van der Waals surface area (Å²) in [4.78, 5) is 2.03. The van der Waals surface area contributed by atoms with Crippen LogP contribution < -0.4 is 4.72 Å². The molecule has 0 amide bonds. The fourth-order valence-corrected chi connectivity index (χ4v) is 2.83. The van der Waals surface area contributed by atoms with E-state index in [0.29, 0.717) is 19.5 Å². The molecule has 1 heterocycles. The second-order valence-corrected chi connectivity index (χ2v) is 6.79. The van der Waals surface area contributed by atoms with Gasteiger partial charge in [-0.15, -0.1) is 0 Å². The molecule has 0 saturated carbocycles. The van der Waals surface area contributed by atoms with E-state index in [1.807, 2.05) is 38.8 Å². The molecule has 7 heteroatoms. The topological polar surface area (TPSA) is 75.4 Å². The molecule has 1 N–H and O–H groups in total. The maximum absolute atomic E-state index is 11.6. The Hall–Kier alpha value is -0.920. The highest BCUT2D eigenvalue weighted by molar-refractivity contribution is 7.89. The largest absolute Gasteiger partial charge is 0.361 e. The predicted octanol–water partition coefficient (Wildman–Crippen LogP) is 1.13. The number of hydrogen-bond donors (Lipinski definition) is 1. The Kier molecular flexibility index (Phi) is 5.96. The molecule has 1 unspecified atom stereocenters. The summed E-state index contributed by atoms with van der Waals surface area (Å²) in [5, 5.41) is 3.92. The molecule has 0 aliphatic heterocycles. The third-order valence-electron chi connectivity index (χ3n) is 2.91. The Balaban J connectivity index is 2.42. The van der Waals surface area contributed by atoms with Crippen molar-refractivity contribution in [2.45, 2.75) is 39.8 Å². The predicted molar refractivity (Wildman–Crippen MR) is 74.2 cm³/mol. The second-order valence-electron chi connectivity index (χ2n) is 4.86. The van der Waals surface area contributed by atoms with Crippen molar-refractivity contribution >= 4 is 10.0 Å². The SMILES string of the molecule is CCCS(=O)(=O)NCC(C)N(C)Cc1cc(C)on1. The first kappa shape index (κ1) is 16.1. The number of sulfonamides is 1. The van der Waals surface area contributed by atoms with Gasteiger partial charge >= 0.3 is 0 Å². The quantitative estimate of drug-likeness (QED) is 0.776. The number of aryl methyl sites for hydroxylation is 1. The molecule has 0 fully saturated rings. The zero-order valence-corrected chi connectivity index (χ0v) is 12.8. The van der Waals surface area contributed by atoms with Crippen LogP contribution in [0.25, 0.3) is 0 Å². The third kappa shape index (κ3) is 5.71. The summed E-state index contributed by atoms with van der Waals surface area (Å²) in [5.74, 6) is 0.950. The number of aromatic nitrogens is 1. The van der Waals surface area contributed by atoms with E-state index in [1.54, 1.807) is 0 Å². The number of nitrogens with zero attached hydrogens (tertiary/aromatic N) is 2. The lowest BCUT2D eigenvalue weighted by molar-refractivity contribution is 0.242. The monoisotopic (exact) mass is 289 g/mol. The summed E-state index contributed by atoms with van der Waals surface area (Å²) in [6.07, 6.45) is 0.623. The fourth-order valence-electron chi connectivity index (χ4n) is 1.65. The van der Waals surface area contributed by atoms with Gasteiger partial charge < -0.3 is 4.52 Å². The Morgan fingerprint density at radius 3 is 2.74 bits per heavy atom. The van der Waals surface area contributed by atoms with Crippen LogP contribution in [-0.2, 0) is 16.6 Å². The van der Waals surface area contributed by atoms with E-state index in [9.17, 15) is 8.42 Å². The highest BCUT2D eigenvalue weighted by Gasteiger charge is 2.15. The molecule has 1 atom stereocenters. The average Bonchev–Trinajstić information content (AvgIpc) is 2.71. The summed E-state index contributed by atoms with van der Waals surface area (Å²) < 4.78 is 30.7. The molecular formula is C12H23N3O3S. The van der Waals surface area contributed by atoms with Crippen LogP contribution in [0.4, 0.5) is 0 Å². The average molecular weight is 289 g/mol. The smallest absolute Gasteiger partial charge is 0.211 e. The molecule has 1 aromatic heterocycles. The van der Waals surface area contributed by atoms with Crippen LogP contribution in [0.1, 0.15) is 31.7 Å². The van der Waals surface area contributed by atoms with Crippen LogP contribution in [0.5, 0.6) is 0 Å². The maximum atomic E-state index is 11.6. The second kappa shape index (κ2) is 7.02. The van der Waals surface area contributed by atoms with Crippen molar-refractivity contribution < 1.29 is 12.9 Å². The van der Waals surface area contributed by atoms with E-state index in [0.717, 1.165) is 11.5 Å². The van der Waals surface area contributed by atoms with Gasteiger partial charge in [0.1, 0.15) is 5.76 Å². The zero-order valence-electron chi connectivity index (χ0n) is 12.0. The molecule has 6 nitrogen and oxygen atoms in total. The van der Waals surface area contributed by atoms with E-state index in [2.05, 4.69) is 9.88 Å². The number of likely N-dealkylation sites (N-methyl/N-ethyl adjacent to an activating group) is 1. The lowest BCUT2D eigenvalue weighted by Gasteiger charge is -2.23. The molecule has 0 aliphatic carbocycles. The minimum Gasteiger partial charge on any atom is -0.361 e. The van der Waals surface area contributed by atoms with E-state index in [1.165, 1.54) is 0 Å². The number of hydrogen-bond acceptors (Lipinski definition) is 5. The molecule has 0 bridgehead atoms. The van der Waals surface area contributed by atoms with Gasteiger partial charge in [0.05, 0.1) is 11.4 Å². The summed E-state index contributed by atoms with van der Waals surface area (Å²) in [7, 11) is -1.21. The van der Waals surface area contributed by atoms with E-state index in [-0.39, 0.29) is 11.8 Å². The van der Waals surface area contributed by atoms with Crippen LogP contribution >= 0.6 is 0 Å². The lowest BCUT2D eigenvalue weighted by Crippen LogP contribution is -2.40. The minimum atomic E-state index is -3.14. The van der Waals surface area contributed by atoms with Crippen LogP contribution in [-0.4, -0.2) is 43.9 Å². The maximum Gasteiger partial charge on any atom is 0.211 e. The Morgan fingerprint density at radius 2 is 2.21 bits per heavy atom. The molecule has 0 spiro atoms. The van der Waals surface area contributed by atoms with Crippen molar-refractivity contribution in [2.24, 2.45) is 0 Å². The molecule has 0 aromatic carbocycles. The van der Waals surface area contributed by atoms with Gasteiger partial charge in [-0.3, -0.25) is 4.90 Å². The summed E-state index contributed by atoms with van der Waals surface area (Å²) in [5.41, 5.74) is 0.850. The number of nitrogens with one attached hydrogen (secondary N) is 1. The van der Waals surface area contributed by atoms with Crippen molar-refractivity contribution in [3.8, 4) is 0 Å². The third-order valence-corrected chi connectivity index (χ3v) is 4.46. The molecule has 19 heavy (non-hydrogen) atoms.